The number of aryl methyl sites for hydroxylation is 2. The number of sulfonamides is 1. The molecule has 246 valence electrons. The fourth-order valence-electron chi connectivity index (χ4n) is 6.01. The van der Waals surface area contributed by atoms with Gasteiger partial charge in [0.15, 0.2) is 0 Å². The van der Waals surface area contributed by atoms with Crippen molar-refractivity contribution in [1.29, 1.82) is 0 Å². The first-order chi connectivity index (χ1) is 22.6. The second-order valence-electron chi connectivity index (χ2n) is 12.3. The predicted molar refractivity (Wildman–Crippen MR) is 191 cm³/mol. The SMILES string of the molecule is Cc1ccc(N(CC(=O)N(Cc2ccc(Br)cc2)[C@H](Cc2ccccc2)C(=O)NC2CCCCC2)S(=O)(=O)c2ccccc2)cc1C. The van der Waals surface area contributed by atoms with Gasteiger partial charge in [-0.2, -0.15) is 0 Å². The van der Waals surface area contributed by atoms with E-state index >= 15 is 0 Å². The lowest BCUT2D eigenvalue weighted by atomic mass is 9.94. The quantitative estimate of drug-likeness (QED) is 0.166. The number of carbonyl (C=O) groups excluding carboxylic acids is 2. The number of halogens is 1. The Morgan fingerprint density at radius 2 is 1.45 bits per heavy atom. The van der Waals surface area contributed by atoms with Crippen LogP contribution in [-0.4, -0.2) is 43.8 Å². The molecule has 9 heteroatoms. The molecule has 0 aromatic heterocycles. The summed E-state index contributed by atoms with van der Waals surface area (Å²) in [5, 5.41) is 3.25. The number of hydrogen-bond acceptors (Lipinski definition) is 4. The maximum Gasteiger partial charge on any atom is 0.264 e. The van der Waals surface area contributed by atoms with E-state index < -0.39 is 28.5 Å². The highest BCUT2D eigenvalue weighted by Crippen LogP contribution is 2.27. The Bertz CT molecular complexity index is 1760. The van der Waals surface area contributed by atoms with Crippen LogP contribution in [0, 0.1) is 13.8 Å². The van der Waals surface area contributed by atoms with Gasteiger partial charge in [0, 0.05) is 23.5 Å². The van der Waals surface area contributed by atoms with E-state index in [4.69, 9.17) is 0 Å². The standard InChI is InChI=1S/C38H42BrN3O4S/c1-28-18-23-34(24-29(28)2)42(47(45,46)35-16-10-5-11-17-35)27-37(43)41(26-31-19-21-32(39)22-20-31)36(25-30-12-6-3-7-13-30)38(44)40-33-14-8-4-9-15-33/h3,5-7,10-13,16-24,33,36H,4,8-9,14-15,25-27H2,1-2H3,(H,40,44)/t36-/m1/s1. The third-order valence-electron chi connectivity index (χ3n) is 8.88. The zero-order chi connectivity index (χ0) is 33.4. The Morgan fingerprint density at radius 3 is 2.09 bits per heavy atom. The number of rotatable bonds is 12. The molecule has 0 spiro atoms. The molecule has 47 heavy (non-hydrogen) atoms. The minimum Gasteiger partial charge on any atom is -0.352 e. The lowest BCUT2D eigenvalue weighted by Gasteiger charge is -2.35. The largest absolute Gasteiger partial charge is 0.352 e. The molecule has 1 saturated carbocycles. The van der Waals surface area contributed by atoms with Crippen molar-refractivity contribution >= 4 is 43.5 Å². The molecule has 4 aromatic carbocycles. The molecule has 1 aliphatic carbocycles. The van der Waals surface area contributed by atoms with Gasteiger partial charge in [0.2, 0.25) is 11.8 Å². The summed E-state index contributed by atoms with van der Waals surface area (Å²) in [5.41, 5.74) is 4.04. The smallest absolute Gasteiger partial charge is 0.264 e. The number of amides is 2. The third kappa shape index (κ3) is 8.90. The van der Waals surface area contributed by atoms with Gasteiger partial charge in [0.05, 0.1) is 10.6 Å². The first-order valence-corrected chi connectivity index (χ1v) is 18.4. The van der Waals surface area contributed by atoms with Crippen molar-refractivity contribution in [2.24, 2.45) is 0 Å². The minimum atomic E-state index is -4.14. The molecular weight excluding hydrogens is 674 g/mol. The van der Waals surface area contributed by atoms with Crippen LogP contribution in [0.25, 0.3) is 0 Å². The lowest BCUT2D eigenvalue weighted by Crippen LogP contribution is -2.55. The Labute approximate surface area is 287 Å². The van der Waals surface area contributed by atoms with Crippen LogP contribution in [0.5, 0.6) is 0 Å². The highest BCUT2D eigenvalue weighted by atomic mass is 79.9. The third-order valence-corrected chi connectivity index (χ3v) is 11.2. The van der Waals surface area contributed by atoms with Crippen LogP contribution in [0.15, 0.2) is 112 Å². The number of carbonyl (C=O) groups is 2. The number of anilines is 1. The molecule has 1 atom stereocenters. The Morgan fingerprint density at radius 1 is 0.809 bits per heavy atom. The Hall–Kier alpha value is -3.95. The van der Waals surface area contributed by atoms with Gasteiger partial charge in [-0.05, 0) is 85.3 Å². The molecule has 1 aliphatic rings. The van der Waals surface area contributed by atoms with E-state index in [1.807, 2.05) is 74.5 Å². The second kappa shape index (κ2) is 15.8. The molecule has 7 nitrogen and oxygen atoms in total. The topological polar surface area (TPSA) is 86.8 Å². The van der Waals surface area contributed by atoms with Crippen LogP contribution >= 0.6 is 15.9 Å². The number of benzene rings is 4. The van der Waals surface area contributed by atoms with Gasteiger partial charge in [-0.1, -0.05) is 102 Å². The van der Waals surface area contributed by atoms with Gasteiger partial charge in [0.1, 0.15) is 12.6 Å². The van der Waals surface area contributed by atoms with Crippen LogP contribution in [-0.2, 0) is 32.6 Å². The van der Waals surface area contributed by atoms with Gasteiger partial charge in [-0.3, -0.25) is 13.9 Å². The van der Waals surface area contributed by atoms with Gasteiger partial charge < -0.3 is 10.2 Å². The van der Waals surface area contributed by atoms with Crippen LogP contribution < -0.4 is 9.62 Å². The van der Waals surface area contributed by atoms with Crippen molar-refractivity contribution in [2.45, 2.75) is 75.9 Å². The fraction of sp³-hybridized carbons (Fsp3) is 0.316. The zero-order valence-electron chi connectivity index (χ0n) is 26.9. The maximum absolute atomic E-state index is 14.7. The highest BCUT2D eigenvalue weighted by Gasteiger charge is 2.35. The maximum atomic E-state index is 14.7. The number of nitrogens with zero attached hydrogens (tertiary/aromatic N) is 2. The number of nitrogens with one attached hydrogen (secondary N) is 1. The van der Waals surface area contributed by atoms with Crippen LogP contribution in [0.3, 0.4) is 0 Å². The van der Waals surface area contributed by atoms with Gasteiger partial charge >= 0.3 is 0 Å². The van der Waals surface area contributed by atoms with E-state index in [1.54, 1.807) is 35.2 Å². The normalized spacial score (nSPS) is 14.3. The van der Waals surface area contributed by atoms with Gasteiger partial charge in [0.25, 0.3) is 10.0 Å². The molecule has 0 bridgehead atoms. The van der Waals surface area contributed by atoms with E-state index in [1.165, 1.54) is 16.4 Å². The Kier molecular flexibility index (Phi) is 11.5. The van der Waals surface area contributed by atoms with Crippen molar-refractivity contribution in [3.63, 3.8) is 0 Å². The molecular formula is C38H42BrN3O4S. The molecule has 2 amide bonds. The van der Waals surface area contributed by atoms with Crippen LogP contribution in [0.2, 0.25) is 0 Å². The van der Waals surface area contributed by atoms with E-state index in [0.717, 1.165) is 58.8 Å². The average Bonchev–Trinajstić information content (AvgIpc) is 3.08. The van der Waals surface area contributed by atoms with Crippen molar-refractivity contribution < 1.29 is 18.0 Å². The summed E-state index contributed by atoms with van der Waals surface area (Å²) in [6, 6.07) is 30.0. The van der Waals surface area contributed by atoms with Crippen molar-refractivity contribution in [2.75, 3.05) is 10.8 Å². The van der Waals surface area contributed by atoms with E-state index in [-0.39, 0.29) is 29.8 Å². The van der Waals surface area contributed by atoms with Gasteiger partial charge in [-0.15, -0.1) is 0 Å². The number of hydrogen-bond donors (Lipinski definition) is 1. The molecule has 1 fully saturated rings. The summed E-state index contributed by atoms with van der Waals surface area (Å²) in [7, 11) is -4.14. The summed E-state index contributed by atoms with van der Waals surface area (Å²) in [6.07, 6.45) is 5.35. The summed E-state index contributed by atoms with van der Waals surface area (Å²) < 4.78 is 30.5. The molecule has 0 aliphatic heterocycles. The first-order valence-electron chi connectivity index (χ1n) is 16.1. The zero-order valence-corrected chi connectivity index (χ0v) is 29.3. The molecule has 0 radical (unpaired) electrons. The molecule has 0 saturated heterocycles. The second-order valence-corrected chi connectivity index (χ2v) is 15.1. The van der Waals surface area contributed by atoms with Crippen molar-refractivity contribution in [3.8, 4) is 0 Å². The molecule has 5 rings (SSSR count). The Balaban J connectivity index is 1.56. The average molecular weight is 717 g/mol. The molecule has 0 heterocycles. The lowest BCUT2D eigenvalue weighted by molar-refractivity contribution is -0.140. The fourth-order valence-corrected chi connectivity index (χ4v) is 7.71. The predicted octanol–water partition coefficient (Wildman–Crippen LogP) is 7.35. The highest BCUT2D eigenvalue weighted by molar-refractivity contribution is 9.10. The molecule has 0 unspecified atom stereocenters. The summed E-state index contributed by atoms with van der Waals surface area (Å²) in [6.45, 7) is 3.53. The summed E-state index contributed by atoms with van der Waals surface area (Å²) in [4.78, 5) is 30.5. The monoisotopic (exact) mass is 715 g/mol. The van der Waals surface area contributed by atoms with Crippen LogP contribution in [0.1, 0.15) is 54.4 Å². The first kappa shape index (κ1) is 34.4. The van der Waals surface area contributed by atoms with E-state index in [9.17, 15) is 18.0 Å². The van der Waals surface area contributed by atoms with Crippen LogP contribution in [0.4, 0.5) is 5.69 Å². The minimum absolute atomic E-state index is 0.0460. The van der Waals surface area contributed by atoms with E-state index in [2.05, 4.69) is 21.2 Å². The summed E-state index contributed by atoms with van der Waals surface area (Å²) in [5.74, 6) is -0.694. The molecule has 4 aromatic rings. The van der Waals surface area contributed by atoms with Crippen molar-refractivity contribution in [3.05, 3.63) is 130 Å². The van der Waals surface area contributed by atoms with Crippen molar-refractivity contribution in [1.82, 2.24) is 10.2 Å². The molecule has 1 N–H and O–H groups in total. The van der Waals surface area contributed by atoms with Gasteiger partial charge in [-0.25, -0.2) is 8.42 Å². The summed E-state index contributed by atoms with van der Waals surface area (Å²) >= 11 is 3.49. The van der Waals surface area contributed by atoms with E-state index in [0.29, 0.717) is 5.69 Å².